The summed E-state index contributed by atoms with van der Waals surface area (Å²) in [6, 6.07) is 10.6. The summed E-state index contributed by atoms with van der Waals surface area (Å²) in [5, 5.41) is 5.67. The molecule has 2 aliphatic heterocycles. The van der Waals surface area contributed by atoms with Gasteiger partial charge in [-0.1, -0.05) is 18.2 Å². The van der Waals surface area contributed by atoms with Gasteiger partial charge in [0.15, 0.2) is 6.10 Å². The number of aryl methyl sites for hydroxylation is 2. The third-order valence-electron chi connectivity index (χ3n) is 5.98. The first-order valence-electron chi connectivity index (χ1n) is 10.7. The molecule has 2 amide bonds. The van der Waals surface area contributed by atoms with Crippen molar-refractivity contribution in [3.63, 3.8) is 0 Å². The Morgan fingerprint density at radius 1 is 1.19 bits per heavy atom. The molecule has 1 fully saturated rings. The van der Waals surface area contributed by atoms with Gasteiger partial charge in [-0.3, -0.25) is 9.59 Å². The van der Waals surface area contributed by atoms with E-state index in [-0.39, 0.29) is 23.3 Å². The Labute approximate surface area is 188 Å². The maximum Gasteiger partial charge on any atom is 0.265 e. The lowest BCUT2D eigenvalue weighted by Crippen LogP contribution is -2.44. The summed E-state index contributed by atoms with van der Waals surface area (Å²) in [4.78, 5) is 24.8. The summed E-state index contributed by atoms with van der Waals surface area (Å²) in [6.45, 7) is 5.67. The lowest BCUT2D eigenvalue weighted by Gasteiger charge is -2.32. The Kier molecular flexibility index (Phi) is 5.96. The monoisotopic (exact) mass is 457 g/mol. The molecule has 0 aliphatic carbocycles. The Balaban J connectivity index is 1.55. The predicted molar refractivity (Wildman–Crippen MR) is 121 cm³/mol. The van der Waals surface area contributed by atoms with Crippen molar-refractivity contribution >= 4 is 33.2 Å². The van der Waals surface area contributed by atoms with Crippen molar-refractivity contribution in [2.24, 2.45) is 5.92 Å². The van der Waals surface area contributed by atoms with Gasteiger partial charge in [-0.25, -0.2) is 8.42 Å². The van der Waals surface area contributed by atoms with Crippen molar-refractivity contribution in [2.45, 2.75) is 44.6 Å². The van der Waals surface area contributed by atoms with Gasteiger partial charge in [0.05, 0.1) is 16.5 Å². The van der Waals surface area contributed by atoms with Crippen LogP contribution in [0.15, 0.2) is 41.3 Å². The summed E-state index contributed by atoms with van der Waals surface area (Å²) in [5.41, 5.74) is 2.65. The van der Waals surface area contributed by atoms with Crippen molar-refractivity contribution in [1.29, 1.82) is 0 Å². The van der Waals surface area contributed by atoms with Gasteiger partial charge < -0.3 is 15.4 Å². The SMILES string of the molecule is Cc1ccccc1NC(=O)[C@H]1CCCN(S(=O)(=O)c2cc3c(cc2C)NC(=O)[C@H](C)O3)C1. The number of sulfonamides is 1. The van der Waals surface area contributed by atoms with E-state index in [9.17, 15) is 18.0 Å². The molecule has 0 radical (unpaired) electrons. The molecule has 0 aromatic heterocycles. The van der Waals surface area contributed by atoms with Crippen molar-refractivity contribution < 1.29 is 22.7 Å². The minimum atomic E-state index is -3.84. The number of anilines is 2. The van der Waals surface area contributed by atoms with Crippen LogP contribution in [0.5, 0.6) is 5.75 Å². The zero-order valence-corrected chi connectivity index (χ0v) is 19.2. The minimum absolute atomic E-state index is 0.116. The highest BCUT2D eigenvalue weighted by Gasteiger charge is 2.35. The standard InChI is InChI=1S/C23H27N3O5S/c1-14-7-4-5-9-18(14)24-23(28)17-8-6-10-26(13-17)32(29,30)21-12-20-19(11-15(21)2)25-22(27)16(3)31-20/h4-5,7,9,11-12,16-17H,6,8,10,13H2,1-3H3,(H,24,28)(H,25,27)/t16-,17-/m0/s1. The second-order valence-corrected chi connectivity index (χ2v) is 10.3. The number of benzene rings is 2. The van der Waals surface area contributed by atoms with Crippen LogP contribution in [0.3, 0.4) is 0 Å². The number of amides is 2. The number of ether oxygens (including phenoxy) is 1. The molecule has 2 N–H and O–H groups in total. The highest BCUT2D eigenvalue weighted by atomic mass is 32.2. The number of carbonyl (C=O) groups is 2. The summed E-state index contributed by atoms with van der Waals surface area (Å²) in [5.74, 6) is -0.564. The number of hydrogen-bond acceptors (Lipinski definition) is 5. The topological polar surface area (TPSA) is 105 Å². The molecule has 8 nitrogen and oxygen atoms in total. The molecule has 2 aromatic rings. The predicted octanol–water partition coefficient (Wildman–Crippen LogP) is 3.06. The highest BCUT2D eigenvalue weighted by Crippen LogP contribution is 2.36. The molecular weight excluding hydrogens is 430 g/mol. The van der Waals surface area contributed by atoms with Crippen molar-refractivity contribution in [2.75, 3.05) is 23.7 Å². The normalized spacial score (nSPS) is 21.3. The molecule has 170 valence electrons. The smallest absolute Gasteiger partial charge is 0.265 e. The van der Waals surface area contributed by atoms with Gasteiger partial charge in [0.25, 0.3) is 5.91 Å². The molecule has 4 rings (SSSR count). The number of fused-ring (bicyclic) bond motifs is 1. The van der Waals surface area contributed by atoms with Crippen LogP contribution in [0.1, 0.15) is 30.9 Å². The third kappa shape index (κ3) is 4.22. The van der Waals surface area contributed by atoms with Crippen molar-refractivity contribution in [3.05, 3.63) is 47.5 Å². The van der Waals surface area contributed by atoms with Gasteiger partial charge in [0.1, 0.15) is 5.75 Å². The number of rotatable bonds is 4. The first-order valence-corrected chi connectivity index (χ1v) is 12.1. The number of carbonyl (C=O) groups excluding carboxylic acids is 2. The first-order chi connectivity index (χ1) is 15.2. The highest BCUT2D eigenvalue weighted by molar-refractivity contribution is 7.89. The van der Waals surface area contributed by atoms with Gasteiger partial charge in [0, 0.05) is 24.8 Å². The van der Waals surface area contributed by atoms with E-state index in [1.54, 1.807) is 19.9 Å². The fraction of sp³-hybridized carbons (Fsp3) is 0.391. The average molecular weight is 458 g/mol. The molecule has 9 heteroatoms. The van der Waals surface area contributed by atoms with Crippen LogP contribution < -0.4 is 15.4 Å². The summed E-state index contributed by atoms with van der Waals surface area (Å²) in [6.07, 6.45) is 0.517. The van der Waals surface area contributed by atoms with Crippen LogP contribution in [0, 0.1) is 19.8 Å². The lowest BCUT2D eigenvalue weighted by molar-refractivity contribution is -0.123. The molecule has 0 spiro atoms. The van der Waals surface area contributed by atoms with Gasteiger partial charge in [0.2, 0.25) is 15.9 Å². The van der Waals surface area contributed by atoms with Crippen LogP contribution in [0.4, 0.5) is 11.4 Å². The Bertz CT molecular complexity index is 1180. The fourth-order valence-corrected chi connectivity index (χ4v) is 5.83. The molecule has 2 aromatic carbocycles. The number of hydrogen-bond donors (Lipinski definition) is 2. The van der Waals surface area contributed by atoms with Crippen LogP contribution in [0.2, 0.25) is 0 Å². The second-order valence-electron chi connectivity index (χ2n) is 8.37. The molecule has 32 heavy (non-hydrogen) atoms. The van der Waals surface area contributed by atoms with Gasteiger partial charge >= 0.3 is 0 Å². The molecule has 2 aliphatic rings. The Hall–Kier alpha value is -2.91. The van der Waals surface area contributed by atoms with E-state index in [0.29, 0.717) is 36.4 Å². The van der Waals surface area contributed by atoms with Crippen LogP contribution in [0.25, 0.3) is 0 Å². The molecule has 2 atom stereocenters. The second kappa shape index (κ2) is 8.55. The van der Waals surface area contributed by atoms with E-state index in [1.807, 2.05) is 31.2 Å². The van der Waals surface area contributed by atoms with Gasteiger partial charge in [-0.05, 0) is 56.9 Å². The van der Waals surface area contributed by atoms with E-state index in [1.165, 1.54) is 10.4 Å². The van der Waals surface area contributed by atoms with Gasteiger partial charge in [-0.15, -0.1) is 0 Å². The van der Waals surface area contributed by atoms with E-state index in [2.05, 4.69) is 10.6 Å². The summed E-state index contributed by atoms with van der Waals surface area (Å²) >= 11 is 0. The first kappa shape index (κ1) is 22.3. The Morgan fingerprint density at radius 3 is 2.69 bits per heavy atom. The number of nitrogens with one attached hydrogen (secondary N) is 2. The molecular formula is C23H27N3O5S. The maximum absolute atomic E-state index is 13.5. The van der Waals surface area contributed by atoms with Crippen molar-refractivity contribution in [3.8, 4) is 5.75 Å². The van der Waals surface area contributed by atoms with E-state index in [4.69, 9.17) is 4.74 Å². The zero-order valence-electron chi connectivity index (χ0n) is 18.3. The lowest BCUT2D eigenvalue weighted by atomic mass is 9.98. The fourth-order valence-electron chi connectivity index (χ4n) is 4.08. The van der Waals surface area contributed by atoms with Crippen molar-refractivity contribution in [1.82, 2.24) is 4.31 Å². The van der Waals surface area contributed by atoms with Crippen LogP contribution in [-0.2, 0) is 19.6 Å². The number of piperidine rings is 1. The summed E-state index contributed by atoms with van der Waals surface area (Å²) in [7, 11) is -3.84. The van der Waals surface area contributed by atoms with E-state index < -0.39 is 22.0 Å². The quantitative estimate of drug-likeness (QED) is 0.734. The third-order valence-corrected chi connectivity index (χ3v) is 7.99. The summed E-state index contributed by atoms with van der Waals surface area (Å²) < 4.78 is 33.9. The average Bonchev–Trinajstić information content (AvgIpc) is 2.76. The van der Waals surface area contributed by atoms with E-state index >= 15 is 0 Å². The molecule has 2 heterocycles. The van der Waals surface area contributed by atoms with Crippen LogP contribution in [-0.4, -0.2) is 43.7 Å². The minimum Gasteiger partial charge on any atom is -0.479 e. The number of nitrogens with zero attached hydrogens (tertiary/aromatic N) is 1. The molecule has 0 saturated carbocycles. The van der Waals surface area contributed by atoms with Crippen LogP contribution >= 0.6 is 0 Å². The maximum atomic E-state index is 13.5. The molecule has 1 saturated heterocycles. The van der Waals surface area contributed by atoms with E-state index in [0.717, 1.165) is 11.3 Å². The zero-order chi connectivity index (χ0) is 23.0. The largest absolute Gasteiger partial charge is 0.479 e. The number of para-hydroxylation sites is 1. The van der Waals surface area contributed by atoms with Gasteiger partial charge in [-0.2, -0.15) is 4.31 Å². The Morgan fingerprint density at radius 2 is 1.94 bits per heavy atom. The molecule has 0 bridgehead atoms. The molecule has 0 unspecified atom stereocenters.